The van der Waals surface area contributed by atoms with Gasteiger partial charge in [-0.1, -0.05) is 61.4 Å². The topological polar surface area (TPSA) is 95.9 Å². The number of fused-ring (bicyclic) bond motifs is 3. The van der Waals surface area contributed by atoms with Crippen LogP contribution in [0.5, 0.6) is 0 Å². The number of amides is 2. The van der Waals surface area contributed by atoms with Crippen LogP contribution in [0.25, 0.3) is 11.1 Å². The third kappa shape index (κ3) is 5.02. The molecular formula is C26H30N2O5. The van der Waals surface area contributed by atoms with Gasteiger partial charge in [-0.05, 0) is 41.5 Å². The molecule has 0 radical (unpaired) electrons. The number of carbonyl (C=O) groups is 3. The van der Waals surface area contributed by atoms with Crippen LogP contribution in [-0.4, -0.2) is 54.2 Å². The van der Waals surface area contributed by atoms with Gasteiger partial charge >= 0.3 is 12.1 Å². The van der Waals surface area contributed by atoms with Crippen molar-refractivity contribution in [1.82, 2.24) is 10.2 Å². The first-order chi connectivity index (χ1) is 15.9. The van der Waals surface area contributed by atoms with Crippen molar-refractivity contribution in [1.29, 1.82) is 0 Å². The molecule has 0 aromatic heterocycles. The number of carboxylic acids is 1. The number of benzene rings is 2. The fourth-order valence-electron chi connectivity index (χ4n) is 4.53. The Morgan fingerprint density at radius 2 is 1.64 bits per heavy atom. The first-order valence-corrected chi connectivity index (χ1v) is 11.4. The van der Waals surface area contributed by atoms with Gasteiger partial charge in [0, 0.05) is 19.5 Å². The minimum absolute atomic E-state index is 0.0328. The maximum Gasteiger partial charge on any atom is 0.407 e. The van der Waals surface area contributed by atoms with Gasteiger partial charge in [0.05, 0.1) is 5.92 Å². The molecule has 0 saturated heterocycles. The Balaban J connectivity index is 1.36. The quantitative estimate of drug-likeness (QED) is 0.605. The van der Waals surface area contributed by atoms with Crippen molar-refractivity contribution < 1.29 is 24.2 Å². The second-order valence-electron chi connectivity index (χ2n) is 9.05. The highest BCUT2D eigenvalue weighted by Crippen LogP contribution is 2.44. The number of hydrogen-bond donors (Lipinski definition) is 2. The molecule has 0 spiro atoms. The average Bonchev–Trinajstić information content (AvgIpc) is 3.59. The van der Waals surface area contributed by atoms with E-state index in [0.717, 1.165) is 35.1 Å². The Hall–Kier alpha value is -3.35. The third-order valence-corrected chi connectivity index (χ3v) is 6.79. The third-order valence-electron chi connectivity index (χ3n) is 6.79. The first-order valence-electron chi connectivity index (χ1n) is 11.4. The van der Waals surface area contributed by atoms with Gasteiger partial charge in [0.25, 0.3) is 0 Å². The van der Waals surface area contributed by atoms with Crippen LogP contribution in [0.3, 0.4) is 0 Å². The lowest BCUT2D eigenvalue weighted by Crippen LogP contribution is -2.46. The van der Waals surface area contributed by atoms with E-state index in [-0.39, 0.29) is 25.0 Å². The number of alkyl carbamates (subject to hydrolysis) is 1. The van der Waals surface area contributed by atoms with Gasteiger partial charge < -0.3 is 20.1 Å². The van der Waals surface area contributed by atoms with Crippen LogP contribution < -0.4 is 5.32 Å². The summed E-state index contributed by atoms with van der Waals surface area (Å²) < 4.78 is 5.57. The molecule has 0 bridgehead atoms. The molecule has 2 aromatic carbocycles. The minimum Gasteiger partial charge on any atom is -0.480 e. The number of hydrogen-bond acceptors (Lipinski definition) is 4. The van der Waals surface area contributed by atoms with Gasteiger partial charge in [0.1, 0.15) is 12.6 Å². The van der Waals surface area contributed by atoms with E-state index < -0.39 is 24.0 Å². The van der Waals surface area contributed by atoms with Crippen molar-refractivity contribution in [2.45, 2.75) is 38.1 Å². The number of carboxylic acid groups (broad SMARTS) is 1. The van der Waals surface area contributed by atoms with Crippen molar-refractivity contribution in [2.75, 3.05) is 20.2 Å². The smallest absolute Gasteiger partial charge is 0.407 e. The first kappa shape index (κ1) is 22.8. The highest BCUT2D eigenvalue weighted by Gasteiger charge is 2.34. The van der Waals surface area contributed by atoms with Crippen LogP contribution in [0, 0.1) is 11.8 Å². The van der Waals surface area contributed by atoms with Crippen LogP contribution in [0.15, 0.2) is 48.5 Å². The van der Waals surface area contributed by atoms with Gasteiger partial charge in [0.2, 0.25) is 5.91 Å². The molecule has 1 saturated carbocycles. The summed E-state index contributed by atoms with van der Waals surface area (Å²) in [6, 6.07) is 15.3. The molecule has 174 valence electrons. The van der Waals surface area contributed by atoms with Crippen molar-refractivity contribution in [3.63, 3.8) is 0 Å². The molecule has 2 amide bonds. The molecule has 2 aliphatic rings. The molecule has 4 rings (SSSR count). The van der Waals surface area contributed by atoms with E-state index in [4.69, 9.17) is 4.74 Å². The van der Waals surface area contributed by atoms with Gasteiger partial charge in [-0.2, -0.15) is 0 Å². The van der Waals surface area contributed by atoms with Crippen molar-refractivity contribution in [2.24, 2.45) is 11.8 Å². The molecule has 1 unspecified atom stereocenters. The lowest BCUT2D eigenvalue weighted by Gasteiger charge is -2.27. The van der Waals surface area contributed by atoms with Gasteiger partial charge in [-0.25, -0.2) is 9.59 Å². The molecule has 0 heterocycles. The van der Waals surface area contributed by atoms with Crippen molar-refractivity contribution >= 4 is 18.0 Å². The summed E-state index contributed by atoms with van der Waals surface area (Å²) in [6.07, 6.45) is 2.19. The Morgan fingerprint density at radius 1 is 1.06 bits per heavy atom. The Bertz CT molecular complexity index is 1000. The van der Waals surface area contributed by atoms with Crippen LogP contribution in [-0.2, 0) is 14.3 Å². The zero-order valence-electron chi connectivity index (χ0n) is 19.0. The van der Waals surface area contributed by atoms with E-state index in [1.54, 1.807) is 0 Å². The predicted molar refractivity (Wildman–Crippen MR) is 124 cm³/mol. The second-order valence-corrected chi connectivity index (χ2v) is 9.05. The molecule has 2 aromatic rings. The van der Waals surface area contributed by atoms with Crippen LogP contribution in [0.2, 0.25) is 0 Å². The molecule has 33 heavy (non-hydrogen) atoms. The van der Waals surface area contributed by atoms with E-state index >= 15 is 0 Å². The molecule has 7 heteroatoms. The second kappa shape index (κ2) is 9.65. The number of nitrogens with zero attached hydrogens (tertiary/aromatic N) is 1. The lowest BCUT2D eigenvalue weighted by atomic mass is 9.98. The maximum atomic E-state index is 12.9. The summed E-state index contributed by atoms with van der Waals surface area (Å²) in [6.45, 7) is 1.81. The zero-order valence-corrected chi connectivity index (χ0v) is 19.0. The maximum absolute atomic E-state index is 12.9. The van der Waals surface area contributed by atoms with Crippen LogP contribution in [0.1, 0.15) is 43.2 Å². The van der Waals surface area contributed by atoms with Crippen LogP contribution in [0.4, 0.5) is 4.79 Å². The molecule has 1 fully saturated rings. The monoisotopic (exact) mass is 450 g/mol. The fourth-order valence-corrected chi connectivity index (χ4v) is 4.53. The van der Waals surface area contributed by atoms with E-state index in [1.165, 1.54) is 18.9 Å². The lowest BCUT2D eigenvalue weighted by molar-refractivity contribution is -0.150. The number of carbonyl (C=O) groups excluding carboxylic acids is 2. The SMILES string of the molecule is C[C@@H](C(=O)O)N(C)C(=O)C(CNC(=O)OCC1c2ccccc2-c2ccccc21)CC1CC1. The normalized spacial score (nSPS) is 16.3. The largest absolute Gasteiger partial charge is 0.480 e. The van der Waals surface area contributed by atoms with Crippen molar-refractivity contribution in [3.05, 3.63) is 59.7 Å². The average molecular weight is 451 g/mol. The molecule has 2 N–H and O–H groups in total. The standard InChI is InChI=1S/C26H30N2O5/c1-16(25(30)31)28(2)24(29)18(13-17-11-12-17)14-27-26(32)33-15-23-21-9-5-3-7-19(21)20-8-4-6-10-22(20)23/h3-10,16-18,23H,11-15H2,1-2H3,(H,27,32)(H,30,31)/t16-,18?/m0/s1. The summed E-state index contributed by atoms with van der Waals surface area (Å²) in [4.78, 5) is 37.9. The van der Waals surface area contributed by atoms with Crippen LogP contribution >= 0.6 is 0 Å². The minimum atomic E-state index is -1.06. The zero-order chi connectivity index (χ0) is 23.5. The fraction of sp³-hybridized carbons (Fsp3) is 0.423. The summed E-state index contributed by atoms with van der Waals surface area (Å²) in [5, 5.41) is 12.0. The number of nitrogens with one attached hydrogen (secondary N) is 1. The Kier molecular flexibility index (Phi) is 6.67. The number of likely N-dealkylation sites (N-methyl/N-ethyl adjacent to an activating group) is 1. The van der Waals surface area contributed by atoms with E-state index in [1.807, 2.05) is 24.3 Å². The molecule has 0 aliphatic heterocycles. The molecular weight excluding hydrogens is 420 g/mol. The number of aliphatic carboxylic acids is 1. The van der Waals surface area contributed by atoms with Gasteiger partial charge in [0.15, 0.2) is 0 Å². The summed E-state index contributed by atoms with van der Waals surface area (Å²) in [5.41, 5.74) is 4.59. The molecule has 7 nitrogen and oxygen atoms in total. The van der Waals surface area contributed by atoms with Gasteiger partial charge in [-0.15, -0.1) is 0 Å². The Labute approximate surface area is 193 Å². The summed E-state index contributed by atoms with van der Waals surface area (Å²) >= 11 is 0. The van der Waals surface area contributed by atoms with Crippen molar-refractivity contribution in [3.8, 4) is 11.1 Å². The number of rotatable bonds is 9. The summed E-state index contributed by atoms with van der Waals surface area (Å²) in [5.74, 6) is -1.37. The summed E-state index contributed by atoms with van der Waals surface area (Å²) in [7, 11) is 1.49. The number of ether oxygens (including phenoxy) is 1. The van der Waals surface area contributed by atoms with Gasteiger partial charge in [-0.3, -0.25) is 4.79 Å². The van der Waals surface area contributed by atoms with E-state index in [9.17, 15) is 19.5 Å². The Morgan fingerprint density at radius 3 is 2.18 bits per heavy atom. The predicted octanol–water partition coefficient (Wildman–Crippen LogP) is 3.87. The molecule has 2 atom stereocenters. The molecule has 2 aliphatic carbocycles. The highest BCUT2D eigenvalue weighted by atomic mass is 16.5. The van der Waals surface area contributed by atoms with E-state index in [2.05, 4.69) is 29.6 Å². The highest BCUT2D eigenvalue weighted by molar-refractivity contribution is 5.85. The van der Waals surface area contributed by atoms with E-state index in [0.29, 0.717) is 12.3 Å².